The first-order valence-corrected chi connectivity index (χ1v) is 7.22. The van der Waals surface area contributed by atoms with E-state index in [0.717, 1.165) is 12.8 Å². The maximum Gasteiger partial charge on any atom is 0.153 e. The van der Waals surface area contributed by atoms with E-state index in [4.69, 9.17) is 0 Å². The molecule has 0 amide bonds. The van der Waals surface area contributed by atoms with Gasteiger partial charge in [-0.2, -0.15) is 0 Å². The standard InChI is InChI=1S/C17H26O2/c1-13(10-15(11-18)12-19)7-8-16-14(2)6-5-9-17(16,3)4/h10-13H,5-9H2,1-4H3. The van der Waals surface area contributed by atoms with Gasteiger partial charge in [-0.3, -0.25) is 9.59 Å². The number of allylic oxidation sites excluding steroid dienone is 4. The third-order valence-corrected chi connectivity index (χ3v) is 4.28. The van der Waals surface area contributed by atoms with Gasteiger partial charge in [0.05, 0.1) is 5.57 Å². The molecule has 0 fully saturated rings. The summed E-state index contributed by atoms with van der Waals surface area (Å²) < 4.78 is 0. The molecule has 2 heteroatoms. The van der Waals surface area contributed by atoms with Crippen LogP contribution in [0.15, 0.2) is 22.8 Å². The maximum atomic E-state index is 10.6. The number of hydrogen-bond acceptors (Lipinski definition) is 2. The van der Waals surface area contributed by atoms with E-state index in [2.05, 4.69) is 27.7 Å². The van der Waals surface area contributed by atoms with Crippen LogP contribution in [0.1, 0.15) is 59.8 Å². The van der Waals surface area contributed by atoms with Crippen molar-refractivity contribution in [2.24, 2.45) is 11.3 Å². The lowest BCUT2D eigenvalue weighted by Crippen LogP contribution is -2.20. The van der Waals surface area contributed by atoms with E-state index in [1.54, 1.807) is 17.2 Å². The van der Waals surface area contributed by atoms with Gasteiger partial charge in [0, 0.05) is 0 Å². The van der Waals surface area contributed by atoms with Crippen molar-refractivity contribution >= 4 is 12.6 Å². The Balaban J connectivity index is 2.68. The Bertz CT molecular complexity index is 389. The molecule has 0 radical (unpaired) electrons. The van der Waals surface area contributed by atoms with Crippen molar-refractivity contribution in [1.29, 1.82) is 0 Å². The molecule has 2 nitrogen and oxygen atoms in total. The van der Waals surface area contributed by atoms with Gasteiger partial charge in [-0.15, -0.1) is 0 Å². The molecule has 106 valence electrons. The second kappa shape index (κ2) is 6.83. The van der Waals surface area contributed by atoms with Crippen molar-refractivity contribution in [3.05, 3.63) is 22.8 Å². The third kappa shape index (κ3) is 4.45. The normalized spacial score (nSPS) is 19.8. The number of rotatable bonds is 6. The van der Waals surface area contributed by atoms with Gasteiger partial charge in [0.1, 0.15) is 0 Å². The average Bonchev–Trinajstić information content (AvgIpc) is 2.34. The lowest BCUT2D eigenvalue weighted by molar-refractivity contribution is -0.109. The van der Waals surface area contributed by atoms with Crippen molar-refractivity contribution in [2.75, 3.05) is 0 Å². The van der Waals surface area contributed by atoms with Crippen molar-refractivity contribution < 1.29 is 9.59 Å². The maximum absolute atomic E-state index is 10.6. The van der Waals surface area contributed by atoms with Crippen molar-refractivity contribution in [3.63, 3.8) is 0 Å². The zero-order valence-electron chi connectivity index (χ0n) is 12.7. The lowest BCUT2D eigenvalue weighted by atomic mass is 9.71. The van der Waals surface area contributed by atoms with Gasteiger partial charge in [0.15, 0.2) is 12.6 Å². The van der Waals surface area contributed by atoms with E-state index >= 15 is 0 Å². The molecule has 19 heavy (non-hydrogen) atoms. The van der Waals surface area contributed by atoms with Gasteiger partial charge >= 0.3 is 0 Å². The number of carbonyl (C=O) groups is 2. The summed E-state index contributed by atoms with van der Waals surface area (Å²) in [6.45, 7) is 8.97. The minimum atomic E-state index is 0.265. The van der Waals surface area contributed by atoms with Crippen LogP contribution >= 0.6 is 0 Å². The summed E-state index contributed by atoms with van der Waals surface area (Å²) in [5.41, 5.74) is 3.70. The first kappa shape index (κ1) is 15.9. The van der Waals surface area contributed by atoms with Gasteiger partial charge in [-0.05, 0) is 50.4 Å². The lowest BCUT2D eigenvalue weighted by Gasteiger charge is -2.35. The number of carbonyl (C=O) groups excluding carboxylic acids is 2. The number of aldehydes is 2. The molecule has 1 unspecified atom stereocenters. The van der Waals surface area contributed by atoms with E-state index in [1.165, 1.54) is 19.3 Å². The zero-order valence-corrected chi connectivity index (χ0v) is 12.7. The molecule has 0 saturated heterocycles. The highest BCUT2D eigenvalue weighted by Crippen LogP contribution is 2.42. The van der Waals surface area contributed by atoms with Crippen LogP contribution in [0.5, 0.6) is 0 Å². The Labute approximate surface area is 117 Å². The van der Waals surface area contributed by atoms with Crippen LogP contribution in [-0.2, 0) is 9.59 Å². The molecule has 1 aliphatic carbocycles. The van der Waals surface area contributed by atoms with Crippen molar-refractivity contribution in [3.8, 4) is 0 Å². The quantitative estimate of drug-likeness (QED) is 0.236. The summed E-state index contributed by atoms with van der Waals surface area (Å²) in [6, 6.07) is 0. The van der Waals surface area contributed by atoms with E-state index in [-0.39, 0.29) is 11.5 Å². The van der Waals surface area contributed by atoms with Gasteiger partial charge in [-0.1, -0.05) is 38.0 Å². The summed E-state index contributed by atoms with van der Waals surface area (Å²) in [6.07, 6.45) is 8.90. The summed E-state index contributed by atoms with van der Waals surface area (Å²) in [5, 5.41) is 0. The third-order valence-electron chi connectivity index (χ3n) is 4.28. The van der Waals surface area contributed by atoms with Gasteiger partial charge in [0.25, 0.3) is 0 Å². The Morgan fingerprint density at radius 1 is 1.32 bits per heavy atom. The Kier molecular flexibility index (Phi) is 5.71. The summed E-state index contributed by atoms with van der Waals surface area (Å²) in [7, 11) is 0. The van der Waals surface area contributed by atoms with Gasteiger partial charge in [-0.25, -0.2) is 0 Å². The molecule has 0 aliphatic heterocycles. The van der Waals surface area contributed by atoms with Crippen LogP contribution in [-0.4, -0.2) is 12.6 Å². The molecule has 1 rings (SSSR count). The predicted molar refractivity (Wildman–Crippen MR) is 78.9 cm³/mol. The minimum Gasteiger partial charge on any atom is -0.298 e. The van der Waals surface area contributed by atoms with Crippen LogP contribution in [0.2, 0.25) is 0 Å². The molecule has 0 aromatic rings. The predicted octanol–water partition coefficient (Wildman–Crippen LogP) is 4.25. The van der Waals surface area contributed by atoms with E-state index in [9.17, 15) is 9.59 Å². The van der Waals surface area contributed by atoms with Crippen LogP contribution < -0.4 is 0 Å². The van der Waals surface area contributed by atoms with E-state index in [0.29, 0.717) is 18.0 Å². The molecular weight excluding hydrogens is 236 g/mol. The first-order chi connectivity index (χ1) is 8.90. The van der Waals surface area contributed by atoms with Gasteiger partial charge < -0.3 is 0 Å². The van der Waals surface area contributed by atoms with Crippen molar-refractivity contribution in [2.45, 2.75) is 59.8 Å². The molecule has 1 aliphatic rings. The zero-order chi connectivity index (χ0) is 14.5. The minimum absolute atomic E-state index is 0.265. The smallest absolute Gasteiger partial charge is 0.153 e. The molecule has 0 N–H and O–H groups in total. The topological polar surface area (TPSA) is 34.1 Å². The first-order valence-electron chi connectivity index (χ1n) is 7.22. The second-order valence-electron chi connectivity index (χ2n) is 6.41. The molecular formula is C17H26O2. The fraction of sp³-hybridized carbons (Fsp3) is 0.647. The Morgan fingerprint density at radius 2 is 1.95 bits per heavy atom. The average molecular weight is 262 g/mol. The largest absolute Gasteiger partial charge is 0.298 e. The summed E-state index contributed by atoms with van der Waals surface area (Å²) in [4.78, 5) is 21.2. The fourth-order valence-electron chi connectivity index (χ4n) is 3.12. The van der Waals surface area contributed by atoms with Crippen LogP contribution in [0.4, 0.5) is 0 Å². The molecule has 0 heterocycles. The highest BCUT2D eigenvalue weighted by atomic mass is 16.1. The summed E-state index contributed by atoms with van der Waals surface area (Å²) >= 11 is 0. The molecule has 1 atom stereocenters. The van der Waals surface area contributed by atoms with E-state index < -0.39 is 0 Å². The van der Waals surface area contributed by atoms with Crippen LogP contribution in [0.3, 0.4) is 0 Å². The van der Waals surface area contributed by atoms with E-state index in [1.807, 2.05) is 0 Å². The summed E-state index contributed by atoms with van der Waals surface area (Å²) in [5.74, 6) is 0.267. The van der Waals surface area contributed by atoms with Crippen LogP contribution in [0.25, 0.3) is 0 Å². The van der Waals surface area contributed by atoms with Crippen molar-refractivity contribution in [1.82, 2.24) is 0 Å². The van der Waals surface area contributed by atoms with Gasteiger partial charge in [0.2, 0.25) is 0 Å². The van der Waals surface area contributed by atoms with Crippen LogP contribution in [0, 0.1) is 11.3 Å². The monoisotopic (exact) mass is 262 g/mol. The molecule has 0 aromatic carbocycles. The molecule has 0 spiro atoms. The Morgan fingerprint density at radius 3 is 2.47 bits per heavy atom. The SMILES string of the molecule is CC1=C(CCC(C)C=C(C=O)C=O)C(C)(C)CCC1. The Hall–Kier alpha value is -1.18. The molecule has 0 bridgehead atoms. The molecule has 0 saturated carbocycles. The highest BCUT2D eigenvalue weighted by Gasteiger charge is 2.27. The molecule has 0 aromatic heterocycles. The number of hydrogen-bond donors (Lipinski definition) is 0. The highest BCUT2D eigenvalue weighted by molar-refractivity contribution is 5.99. The fourth-order valence-corrected chi connectivity index (χ4v) is 3.12. The second-order valence-corrected chi connectivity index (χ2v) is 6.41.